The topological polar surface area (TPSA) is 37.3 Å². The van der Waals surface area contributed by atoms with Gasteiger partial charge in [0.1, 0.15) is 23.0 Å². The molecule has 0 amide bonds. The van der Waals surface area contributed by atoms with Gasteiger partial charge in [-0.25, -0.2) is 0 Å². The maximum absolute atomic E-state index is 6.00. The van der Waals surface area contributed by atoms with Crippen molar-refractivity contribution in [2.75, 3.05) is 27.2 Å². The molecule has 1 saturated heterocycles. The smallest absolute Gasteiger partial charge is 0.127 e. The average Bonchev–Trinajstić information content (AvgIpc) is 3.27. The van der Waals surface area contributed by atoms with Crippen LogP contribution >= 0.6 is 0 Å². The fraction of sp³-hybridized carbons (Fsp3) is 0.182. The minimum absolute atomic E-state index is 0.184. The summed E-state index contributed by atoms with van der Waals surface area (Å²) in [6, 6.07) is 36.6. The number of hydrogen-bond acceptors (Lipinski definition) is 5. The lowest BCUT2D eigenvalue weighted by atomic mass is 9.83. The minimum Gasteiger partial charge on any atom is -0.457 e. The molecule has 4 aromatic rings. The van der Waals surface area contributed by atoms with E-state index in [1.807, 2.05) is 72.8 Å². The first-order valence-electron chi connectivity index (χ1n) is 13.0. The molecule has 0 aromatic heterocycles. The molecule has 0 spiro atoms. The summed E-state index contributed by atoms with van der Waals surface area (Å²) in [5, 5.41) is 7.16. The molecule has 2 aliphatic heterocycles. The standard InChI is InChI=1S/C33H31N3O2/c1-35-22-26(21-24-13-17-29(18-14-24)37-27-9-5-3-6-10-27)32-31(23-35)33(36(2)34-32)25-15-19-30(20-16-25)38-28-11-7-4-8-12-28/h3-21,31,33H,22-23H2,1-2H3/b26-21+. The van der Waals surface area contributed by atoms with Crippen molar-refractivity contribution in [1.29, 1.82) is 0 Å². The second kappa shape index (κ2) is 10.6. The third-order valence-electron chi connectivity index (χ3n) is 7.08. The van der Waals surface area contributed by atoms with E-state index in [4.69, 9.17) is 14.6 Å². The highest BCUT2D eigenvalue weighted by molar-refractivity contribution is 6.07. The van der Waals surface area contributed by atoms with Gasteiger partial charge in [0.25, 0.3) is 0 Å². The van der Waals surface area contributed by atoms with Crippen molar-refractivity contribution in [3.63, 3.8) is 0 Å². The zero-order valence-electron chi connectivity index (χ0n) is 21.7. The predicted molar refractivity (Wildman–Crippen MR) is 153 cm³/mol. The van der Waals surface area contributed by atoms with Crippen molar-refractivity contribution < 1.29 is 9.47 Å². The normalized spacial score (nSPS) is 20.2. The molecular formula is C33H31N3O2. The van der Waals surface area contributed by atoms with E-state index in [2.05, 4.69) is 66.5 Å². The van der Waals surface area contributed by atoms with E-state index in [9.17, 15) is 0 Å². The van der Waals surface area contributed by atoms with Gasteiger partial charge >= 0.3 is 0 Å². The largest absolute Gasteiger partial charge is 0.457 e. The molecule has 4 aromatic carbocycles. The molecular weight excluding hydrogens is 470 g/mol. The third-order valence-corrected chi connectivity index (χ3v) is 7.08. The van der Waals surface area contributed by atoms with E-state index in [0.29, 0.717) is 5.92 Å². The number of fused-ring (bicyclic) bond motifs is 1. The molecule has 2 unspecified atom stereocenters. The predicted octanol–water partition coefficient (Wildman–Crippen LogP) is 7.26. The van der Waals surface area contributed by atoms with E-state index >= 15 is 0 Å². The molecule has 2 aliphatic rings. The summed E-state index contributed by atoms with van der Waals surface area (Å²) in [4.78, 5) is 2.39. The lowest BCUT2D eigenvalue weighted by Crippen LogP contribution is -2.41. The Morgan fingerprint density at radius 2 is 1.21 bits per heavy atom. The molecule has 5 nitrogen and oxygen atoms in total. The Morgan fingerprint density at radius 1 is 0.684 bits per heavy atom. The van der Waals surface area contributed by atoms with Crippen LogP contribution in [0.2, 0.25) is 0 Å². The monoisotopic (exact) mass is 501 g/mol. The van der Waals surface area contributed by atoms with Gasteiger partial charge in [0.2, 0.25) is 0 Å². The molecule has 2 atom stereocenters. The van der Waals surface area contributed by atoms with Crippen LogP contribution < -0.4 is 9.47 Å². The summed E-state index contributed by atoms with van der Waals surface area (Å²) in [6.07, 6.45) is 2.26. The Bertz CT molecular complexity index is 1430. The fourth-order valence-corrected chi connectivity index (χ4v) is 5.36. The Morgan fingerprint density at radius 3 is 1.79 bits per heavy atom. The van der Waals surface area contributed by atoms with Gasteiger partial charge in [0.05, 0.1) is 11.8 Å². The van der Waals surface area contributed by atoms with E-state index in [1.54, 1.807) is 0 Å². The first-order valence-corrected chi connectivity index (χ1v) is 13.0. The first-order chi connectivity index (χ1) is 18.6. The number of rotatable bonds is 6. The average molecular weight is 502 g/mol. The van der Waals surface area contributed by atoms with E-state index in [0.717, 1.165) is 41.7 Å². The van der Waals surface area contributed by atoms with Gasteiger partial charge in [-0.1, -0.05) is 60.7 Å². The summed E-state index contributed by atoms with van der Waals surface area (Å²) >= 11 is 0. The molecule has 0 bridgehead atoms. The fourth-order valence-electron chi connectivity index (χ4n) is 5.36. The van der Waals surface area contributed by atoms with Crippen LogP contribution in [0.25, 0.3) is 6.08 Å². The summed E-state index contributed by atoms with van der Waals surface area (Å²) < 4.78 is 12.0. The minimum atomic E-state index is 0.184. The Kier molecular flexibility index (Phi) is 6.67. The second-order valence-electron chi connectivity index (χ2n) is 9.94. The van der Waals surface area contributed by atoms with Crippen LogP contribution in [0.15, 0.2) is 120 Å². The Labute approximate surface area is 224 Å². The SMILES string of the molecule is CN1C/C(=C\c2ccc(Oc3ccccc3)cc2)C2=NN(C)C(c3ccc(Oc4ccccc4)cc3)C2C1. The number of likely N-dealkylation sites (N-methyl/N-ethyl adjacent to an activating group) is 1. The van der Waals surface area contributed by atoms with Crippen LogP contribution in [-0.4, -0.2) is 42.8 Å². The van der Waals surface area contributed by atoms with Gasteiger partial charge in [0, 0.05) is 26.1 Å². The summed E-state index contributed by atoms with van der Waals surface area (Å²) in [5.74, 6) is 3.64. The zero-order chi connectivity index (χ0) is 25.9. The maximum Gasteiger partial charge on any atom is 0.127 e. The third kappa shape index (κ3) is 5.20. The highest BCUT2D eigenvalue weighted by atomic mass is 16.5. The number of ether oxygens (including phenoxy) is 2. The van der Waals surface area contributed by atoms with Gasteiger partial charge in [-0.15, -0.1) is 0 Å². The molecule has 0 N–H and O–H groups in total. The molecule has 2 heterocycles. The number of likely N-dealkylation sites (tertiary alicyclic amines) is 1. The van der Waals surface area contributed by atoms with Crippen LogP contribution in [-0.2, 0) is 0 Å². The molecule has 5 heteroatoms. The van der Waals surface area contributed by atoms with Crippen LogP contribution in [0.5, 0.6) is 23.0 Å². The van der Waals surface area contributed by atoms with Gasteiger partial charge in [-0.2, -0.15) is 5.10 Å². The number of hydrazone groups is 1. The molecule has 1 fully saturated rings. The van der Waals surface area contributed by atoms with Crippen LogP contribution in [0.4, 0.5) is 0 Å². The summed E-state index contributed by atoms with van der Waals surface area (Å²) in [5.41, 5.74) is 4.84. The van der Waals surface area contributed by atoms with Crippen molar-refractivity contribution in [3.05, 3.63) is 126 Å². The lowest BCUT2D eigenvalue weighted by Gasteiger charge is -2.34. The lowest BCUT2D eigenvalue weighted by molar-refractivity contribution is 0.211. The highest BCUT2D eigenvalue weighted by Gasteiger charge is 2.41. The van der Waals surface area contributed by atoms with E-state index in [-0.39, 0.29) is 6.04 Å². The molecule has 0 saturated carbocycles. The molecule has 0 aliphatic carbocycles. The Hall–Kier alpha value is -4.35. The second-order valence-corrected chi connectivity index (χ2v) is 9.94. The number of hydrogen-bond donors (Lipinski definition) is 0. The molecule has 0 radical (unpaired) electrons. The molecule has 38 heavy (non-hydrogen) atoms. The van der Waals surface area contributed by atoms with Gasteiger partial charge in [0.15, 0.2) is 0 Å². The number of piperidine rings is 1. The van der Waals surface area contributed by atoms with Crippen molar-refractivity contribution in [3.8, 4) is 23.0 Å². The van der Waals surface area contributed by atoms with Crippen LogP contribution in [0.3, 0.4) is 0 Å². The van der Waals surface area contributed by atoms with Gasteiger partial charge in [-0.3, -0.25) is 5.01 Å². The first kappa shape index (κ1) is 24.0. The Balaban J connectivity index is 1.19. The summed E-state index contributed by atoms with van der Waals surface area (Å²) in [6.45, 7) is 1.85. The van der Waals surface area contributed by atoms with Crippen molar-refractivity contribution in [2.45, 2.75) is 6.04 Å². The number of para-hydroxylation sites is 2. The van der Waals surface area contributed by atoms with E-state index in [1.165, 1.54) is 16.8 Å². The zero-order valence-corrected chi connectivity index (χ0v) is 21.7. The molecule has 6 rings (SSSR count). The quantitative estimate of drug-likeness (QED) is 0.279. The van der Waals surface area contributed by atoms with Crippen molar-refractivity contribution >= 4 is 11.8 Å². The van der Waals surface area contributed by atoms with Crippen molar-refractivity contribution in [2.24, 2.45) is 11.0 Å². The van der Waals surface area contributed by atoms with Gasteiger partial charge < -0.3 is 14.4 Å². The molecule has 190 valence electrons. The van der Waals surface area contributed by atoms with Crippen LogP contribution in [0.1, 0.15) is 17.2 Å². The van der Waals surface area contributed by atoms with Crippen molar-refractivity contribution in [1.82, 2.24) is 9.91 Å². The highest BCUT2D eigenvalue weighted by Crippen LogP contribution is 2.40. The maximum atomic E-state index is 6.00. The van der Waals surface area contributed by atoms with Gasteiger partial charge in [-0.05, 0) is 78.4 Å². The van der Waals surface area contributed by atoms with E-state index < -0.39 is 0 Å². The summed E-state index contributed by atoms with van der Waals surface area (Å²) in [7, 11) is 4.27. The van der Waals surface area contributed by atoms with Crippen LogP contribution in [0, 0.1) is 5.92 Å². The number of benzene rings is 4. The number of nitrogens with zero attached hydrogens (tertiary/aromatic N) is 3.